The lowest BCUT2D eigenvalue weighted by molar-refractivity contribution is -0.142. The highest BCUT2D eigenvalue weighted by molar-refractivity contribution is 7.99. The van der Waals surface area contributed by atoms with E-state index in [2.05, 4.69) is 4.74 Å². The first-order valence-corrected chi connectivity index (χ1v) is 8.10. The molecule has 118 valence electrons. The fraction of sp³-hybridized carbons (Fsp3) is 0.533. The Kier molecular flexibility index (Phi) is 8.69. The summed E-state index contributed by atoms with van der Waals surface area (Å²) < 4.78 is 15.8. The molecule has 0 fully saturated rings. The third kappa shape index (κ3) is 6.73. The number of para-hydroxylation sites is 2. The summed E-state index contributed by atoms with van der Waals surface area (Å²) in [5.74, 6) is 2.78. The standard InChI is InChI=1S/C15H23NO4S/c1-3-19-13-6-4-5-7-14(13)20-9-11-21-10-8-12(16)15(17)18-2/h4-7,12H,3,8-11,16H2,1-2H3. The number of thioether (sulfide) groups is 1. The maximum atomic E-state index is 11.1. The van der Waals surface area contributed by atoms with E-state index in [4.69, 9.17) is 15.2 Å². The van der Waals surface area contributed by atoms with Gasteiger partial charge in [-0.05, 0) is 31.2 Å². The highest BCUT2D eigenvalue weighted by atomic mass is 32.2. The SMILES string of the molecule is CCOc1ccccc1OCCSCCC(N)C(=O)OC. The Labute approximate surface area is 130 Å². The van der Waals surface area contributed by atoms with Crippen LogP contribution in [0, 0.1) is 0 Å². The van der Waals surface area contributed by atoms with Crippen molar-refractivity contribution in [2.45, 2.75) is 19.4 Å². The fourth-order valence-corrected chi connectivity index (χ4v) is 2.46. The van der Waals surface area contributed by atoms with Crippen molar-refractivity contribution in [1.82, 2.24) is 0 Å². The molecular formula is C15H23NO4S. The first-order valence-electron chi connectivity index (χ1n) is 6.94. The van der Waals surface area contributed by atoms with Gasteiger partial charge in [-0.2, -0.15) is 11.8 Å². The number of hydrogen-bond acceptors (Lipinski definition) is 6. The highest BCUT2D eigenvalue weighted by Crippen LogP contribution is 2.26. The van der Waals surface area contributed by atoms with Gasteiger partial charge >= 0.3 is 5.97 Å². The fourth-order valence-electron chi connectivity index (χ4n) is 1.64. The zero-order valence-electron chi connectivity index (χ0n) is 12.5. The van der Waals surface area contributed by atoms with Crippen LogP contribution in [-0.4, -0.2) is 43.8 Å². The highest BCUT2D eigenvalue weighted by Gasteiger charge is 2.12. The number of rotatable bonds is 10. The van der Waals surface area contributed by atoms with E-state index in [1.807, 2.05) is 31.2 Å². The smallest absolute Gasteiger partial charge is 0.322 e. The van der Waals surface area contributed by atoms with Gasteiger partial charge in [0, 0.05) is 5.75 Å². The number of esters is 1. The van der Waals surface area contributed by atoms with Gasteiger partial charge in [0.2, 0.25) is 0 Å². The molecule has 0 aliphatic heterocycles. The van der Waals surface area contributed by atoms with Gasteiger partial charge in [-0.15, -0.1) is 0 Å². The predicted octanol–water partition coefficient (Wildman–Crippen LogP) is 2.09. The van der Waals surface area contributed by atoms with Gasteiger partial charge < -0.3 is 19.9 Å². The Morgan fingerprint density at radius 2 is 1.90 bits per heavy atom. The van der Waals surface area contributed by atoms with E-state index in [1.165, 1.54) is 7.11 Å². The number of benzene rings is 1. The molecule has 0 saturated carbocycles. The summed E-state index contributed by atoms with van der Waals surface area (Å²) in [4.78, 5) is 11.1. The summed E-state index contributed by atoms with van der Waals surface area (Å²) in [7, 11) is 1.35. The third-order valence-electron chi connectivity index (χ3n) is 2.71. The van der Waals surface area contributed by atoms with E-state index in [0.29, 0.717) is 19.6 Å². The second-order valence-corrected chi connectivity index (χ2v) is 5.48. The first-order chi connectivity index (χ1) is 10.2. The van der Waals surface area contributed by atoms with Gasteiger partial charge in [0.15, 0.2) is 11.5 Å². The van der Waals surface area contributed by atoms with Gasteiger partial charge in [0.25, 0.3) is 0 Å². The van der Waals surface area contributed by atoms with Gasteiger partial charge in [-0.1, -0.05) is 12.1 Å². The second-order valence-electron chi connectivity index (χ2n) is 4.26. The van der Waals surface area contributed by atoms with Crippen molar-refractivity contribution >= 4 is 17.7 Å². The average Bonchev–Trinajstić information content (AvgIpc) is 2.51. The molecule has 0 aliphatic rings. The van der Waals surface area contributed by atoms with E-state index in [9.17, 15) is 4.79 Å². The Morgan fingerprint density at radius 3 is 2.52 bits per heavy atom. The molecule has 1 rings (SSSR count). The molecule has 1 unspecified atom stereocenters. The largest absolute Gasteiger partial charge is 0.490 e. The average molecular weight is 313 g/mol. The number of nitrogens with two attached hydrogens (primary N) is 1. The maximum absolute atomic E-state index is 11.1. The molecule has 2 N–H and O–H groups in total. The summed E-state index contributed by atoms with van der Waals surface area (Å²) >= 11 is 1.69. The molecule has 0 spiro atoms. The minimum Gasteiger partial charge on any atom is -0.490 e. The second kappa shape index (κ2) is 10.3. The van der Waals surface area contributed by atoms with Crippen LogP contribution in [0.15, 0.2) is 24.3 Å². The zero-order valence-corrected chi connectivity index (χ0v) is 13.4. The molecule has 0 bridgehead atoms. The summed E-state index contributed by atoms with van der Waals surface area (Å²) in [6.07, 6.45) is 0.604. The minimum atomic E-state index is -0.540. The molecular weight excluding hydrogens is 290 g/mol. The van der Waals surface area contributed by atoms with Crippen LogP contribution in [0.2, 0.25) is 0 Å². The molecule has 1 aromatic rings. The molecule has 1 aromatic carbocycles. The van der Waals surface area contributed by atoms with Crippen molar-refractivity contribution in [2.24, 2.45) is 5.73 Å². The zero-order chi connectivity index (χ0) is 15.5. The van der Waals surface area contributed by atoms with Crippen LogP contribution >= 0.6 is 11.8 Å². The molecule has 21 heavy (non-hydrogen) atoms. The van der Waals surface area contributed by atoms with Crippen LogP contribution in [0.1, 0.15) is 13.3 Å². The van der Waals surface area contributed by atoms with Crippen molar-refractivity contribution in [3.05, 3.63) is 24.3 Å². The molecule has 0 aliphatic carbocycles. The number of carbonyl (C=O) groups excluding carboxylic acids is 1. The monoisotopic (exact) mass is 313 g/mol. The van der Waals surface area contributed by atoms with Crippen LogP contribution in [0.3, 0.4) is 0 Å². The molecule has 0 radical (unpaired) electrons. The Hall–Kier alpha value is -1.40. The third-order valence-corrected chi connectivity index (χ3v) is 3.69. The van der Waals surface area contributed by atoms with Crippen molar-refractivity contribution in [3.63, 3.8) is 0 Å². The van der Waals surface area contributed by atoms with Crippen LogP contribution < -0.4 is 15.2 Å². The van der Waals surface area contributed by atoms with Crippen LogP contribution in [0.25, 0.3) is 0 Å². The summed E-state index contributed by atoms with van der Waals surface area (Å²) in [5, 5.41) is 0. The van der Waals surface area contributed by atoms with E-state index in [1.54, 1.807) is 11.8 Å². The van der Waals surface area contributed by atoms with Crippen molar-refractivity contribution in [1.29, 1.82) is 0 Å². The molecule has 6 heteroatoms. The van der Waals surface area contributed by atoms with Crippen molar-refractivity contribution < 1.29 is 19.0 Å². The molecule has 0 amide bonds. The Bertz CT molecular complexity index is 428. The molecule has 0 saturated heterocycles. The maximum Gasteiger partial charge on any atom is 0.322 e. The van der Waals surface area contributed by atoms with Gasteiger partial charge in [0.1, 0.15) is 6.04 Å². The normalized spacial score (nSPS) is 11.8. The first kappa shape index (κ1) is 17.7. The van der Waals surface area contributed by atoms with Crippen LogP contribution in [-0.2, 0) is 9.53 Å². The number of hydrogen-bond donors (Lipinski definition) is 1. The summed E-state index contributed by atoms with van der Waals surface area (Å²) in [5.41, 5.74) is 5.65. The Morgan fingerprint density at radius 1 is 1.24 bits per heavy atom. The molecule has 5 nitrogen and oxygen atoms in total. The lowest BCUT2D eigenvalue weighted by Crippen LogP contribution is -2.32. The van der Waals surface area contributed by atoms with E-state index < -0.39 is 6.04 Å². The summed E-state index contributed by atoms with van der Waals surface area (Å²) in [6.45, 7) is 3.14. The van der Waals surface area contributed by atoms with Crippen molar-refractivity contribution in [3.8, 4) is 11.5 Å². The molecule has 0 heterocycles. The van der Waals surface area contributed by atoms with Gasteiger partial charge in [0.05, 0.1) is 20.3 Å². The van der Waals surface area contributed by atoms with E-state index in [-0.39, 0.29) is 5.97 Å². The lowest BCUT2D eigenvalue weighted by atomic mass is 10.2. The minimum absolute atomic E-state index is 0.363. The summed E-state index contributed by atoms with van der Waals surface area (Å²) in [6, 6.07) is 7.08. The van der Waals surface area contributed by atoms with Gasteiger partial charge in [-0.3, -0.25) is 4.79 Å². The Balaban J connectivity index is 2.18. The lowest BCUT2D eigenvalue weighted by Gasteiger charge is -2.12. The van der Waals surface area contributed by atoms with Gasteiger partial charge in [-0.25, -0.2) is 0 Å². The number of methoxy groups -OCH3 is 1. The van der Waals surface area contributed by atoms with E-state index >= 15 is 0 Å². The number of carbonyl (C=O) groups is 1. The predicted molar refractivity (Wildman–Crippen MR) is 85.0 cm³/mol. The number of ether oxygens (including phenoxy) is 3. The molecule has 1 atom stereocenters. The van der Waals surface area contributed by atoms with Crippen LogP contribution in [0.5, 0.6) is 11.5 Å². The van der Waals surface area contributed by atoms with Crippen molar-refractivity contribution in [2.75, 3.05) is 31.8 Å². The van der Waals surface area contributed by atoms with Crippen LogP contribution in [0.4, 0.5) is 0 Å². The quantitative estimate of drug-likeness (QED) is 0.527. The van der Waals surface area contributed by atoms with E-state index in [0.717, 1.165) is 23.0 Å². The topological polar surface area (TPSA) is 70.8 Å². The molecule has 0 aromatic heterocycles.